The lowest BCUT2D eigenvalue weighted by molar-refractivity contribution is 0.561. The number of anilines is 4. The second-order valence-electron chi connectivity index (χ2n) is 17.7. The molecule has 0 spiro atoms. The first-order valence-electron chi connectivity index (χ1n) is 22.1. The lowest BCUT2D eigenvalue weighted by Gasteiger charge is -2.37. The minimum absolute atomic E-state index is 0.130. The minimum atomic E-state index is -0.239. The molecule has 3 unspecified atom stereocenters. The normalized spacial score (nSPS) is 20.8. The summed E-state index contributed by atoms with van der Waals surface area (Å²) in [6, 6.07) is 56.3. The highest BCUT2D eigenvalue weighted by Crippen LogP contribution is 2.51. The SMILES string of the molecule is CC1(c2ccc(N(C3=CC=C4Nc5ccccc5C4(C)C3)c3ccc(C#N)cc3)cc2)C=CC(N(C2=CCC(C#N)C=C2)c2ccc3c(c2)c2ccccc2n3-c2ccccc2)=CC1. The van der Waals surface area contributed by atoms with E-state index in [0.29, 0.717) is 12.0 Å². The molecule has 0 bridgehead atoms. The van der Waals surface area contributed by atoms with Crippen LogP contribution in [0.25, 0.3) is 27.5 Å². The first-order valence-corrected chi connectivity index (χ1v) is 22.1. The number of hydrogen-bond donors (Lipinski definition) is 1. The number of aromatic nitrogens is 1. The molecule has 6 aromatic carbocycles. The maximum absolute atomic E-state index is 9.74. The number of nitriles is 2. The van der Waals surface area contributed by atoms with Crippen molar-refractivity contribution in [2.75, 3.05) is 15.1 Å². The van der Waals surface area contributed by atoms with Crippen molar-refractivity contribution < 1.29 is 0 Å². The number of benzene rings is 6. The van der Waals surface area contributed by atoms with Gasteiger partial charge in [0.05, 0.1) is 34.7 Å². The average molecular weight is 827 g/mol. The van der Waals surface area contributed by atoms with Crippen LogP contribution in [0.1, 0.15) is 49.8 Å². The molecule has 0 fully saturated rings. The molecule has 3 aliphatic carbocycles. The van der Waals surface area contributed by atoms with Gasteiger partial charge in [0.2, 0.25) is 0 Å². The fraction of sp³-hybridized carbons (Fsp3) is 0.138. The standard InChI is InChI=1S/C58H46N6/c1-57(42-20-26-46(27-21-42)63(45-24-18-41(39-60)19-25-45)49-29-31-56-58(2,37-49)52-13-7-8-14-53(52)61-56)34-32-47(33-35-57)62(44-22-16-40(38-59)17-23-44)48-28-30-55-51(36-48)50-12-6-9-15-54(50)64(55)43-10-4-3-5-11-43/h3-16,18-34,36,40,61H,17,35,37H2,1-2H3. The van der Waals surface area contributed by atoms with Crippen LogP contribution >= 0.6 is 0 Å². The molecule has 6 heteroatoms. The number of nitrogens with zero attached hydrogens (tertiary/aromatic N) is 5. The Balaban J connectivity index is 0.924. The molecule has 308 valence electrons. The van der Waals surface area contributed by atoms with Crippen LogP contribution in [0.2, 0.25) is 0 Å². The Labute approximate surface area is 374 Å². The van der Waals surface area contributed by atoms with E-state index >= 15 is 0 Å². The largest absolute Gasteiger partial charge is 0.358 e. The van der Waals surface area contributed by atoms with E-state index in [1.807, 2.05) is 18.2 Å². The third kappa shape index (κ3) is 6.46. The highest BCUT2D eigenvalue weighted by Gasteiger charge is 2.42. The summed E-state index contributed by atoms with van der Waals surface area (Å²) in [7, 11) is 0. The van der Waals surface area contributed by atoms with E-state index in [0.717, 1.165) is 52.5 Å². The summed E-state index contributed by atoms with van der Waals surface area (Å²) in [5, 5.41) is 25.4. The zero-order chi connectivity index (χ0) is 43.4. The van der Waals surface area contributed by atoms with Crippen LogP contribution in [-0.2, 0) is 10.8 Å². The van der Waals surface area contributed by atoms with Crippen LogP contribution < -0.4 is 15.1 Å². The Hall–Kier alpha value is -8.06. The van der Waals surface area contributed by atoms with Crippen LogP contribution in [0.4, 0.5) is 22.7 Å². The van der Waals surface area contributed by atoms with Gasteiger partial charge in [-0.05, 0) is 134 Å². The Kier molecular flexibility index (Phi) is 9.33. The second-order valence-corrected chi connectivity index (χ2v) is 17.7. The summed E-state index contributed by atoms with van der Waals surface area (Å²) < 4.78 is 2.35. The molecule has 0 saturated carbocycles. The van der Waals surface area contributed by atoms with Gasteiger partial charge in [0, 0.05) is 79.2 Å². The summed E-state index contributed by atoms with van der Waals surface area (Å²) in [4.78, 5) is 4.69. The fourth-order valence-corrected chi connectivity index (χ4v) is 10.2. The van der Waals surface area contributed by atoms with Gasteiger partial charge in [-0.3, -0.25) is 0 Å². The van der Waals surface area contributed by atoms with Crippen molar-refractivity contribution in [3.63, 3.8) is 0 Å². The zero-order valence-corrected chi connectivity index (χ0v) is 35.9. The summed E-state index contributed by atoms with van der Waals surface area (Å²) in [6.45, 7) is 4.65. The number of allylic oxidation sites excluding steroid dienone is 10. The number of nitrogens with one attached hydrogen (secondary N) is 1. The van der Waals surface area contributed by atoms with Gasteiger partial charge in [0.1, 0.15) is 0 Å². The predicted molar refractivity (Wildman–Crippen MR) is 261 cm³/mol. The Bertz CT molecular complexity index is 3270. The molecule has 3 atom stereocenters. The molecule has 1 aliphatic heterocycles. The van der Waals surface area contributed by atoms with Gasteiger partial charge in [0.15, 0.2) is 0 Å². The van der Waals surface area contributed by atoms with Crippen molar-refractivity contribution in [3.05, 3.63) is 234 Å². The molecular formula is C58H46N6. The average Bonchev–Trinajstić information content (AvgIpc) is 3.84. The van der Waals surface area contributed by atoms with Crippen molar-refractivity contribution in [2.24, 2.45) is 5.92 Å². The van der Waals surface area contributed by atoms with E-state index in [4.69, 9.17) is 0 Å². The predicted octanol–water partition coefficient (Wildman–Crippen LogP) is 13.9. The summed E-state index contributed by atoms with van der Waals surface area (Å²) in [5.74, 6) is -0.130. The van der Waals surface area contributed by atoms with Gasteiger partial charge >= 0.3 is 0 Å². The highest BCUT2D eigenvalue weighted by molar-refractivity contribution is 6.10. The van der Waals surface area contributed by atoms with Crippen LogP contribution in [0.3, 0.4) is 0 Å². The Morgan fingerprint density at radius 1 is 0.672 bits per heavy atom. The van der Waals surface area contributed by atoms with Crippen LogP contribution in [-0.4, -0.2) is 4.57 Å². The number of rotatable bonds is 8. The smallest absolute Gasteiger partial charge is 0.0991 e. The third-order valence-electron chi connectivity index (χ3n) is 13.7. The zero-order valence-electron chi connectivity index (χ0n) is 35.9. The summed E-state index contributed by atoms with van der Waals surface area (Å²) in [6.07, 6.45) is 20.1. The molecule has 1 aromatic heterocycles. The van der Waals surface area contributed by atoms with E-state index in [9.17, 15) is 10.5 Å². The maximum Gasteiger partial charge on any atom is 0.0991 e. The number of hydrogen-bond acceptors (Lipinski definition) is 5. The van der Waals surface area contributed by atoms with Crippen molar-refractivity contribution in [1.82, 2.24) is 4.57 Å². The van der Waals surface area contributed by atoms with E-state index < -0.39 is 0 Å². The summed E-state index contributed by atoms with van der Waals surface area (Å²) in [5.41, 5.74) is 15.1. The monoisotopic (exact) mass is 826 g/mol. The minimum Gasteiger partial charge on any atom is -0.358 e. The third-order valence-corrected chi connectivity index (χ3v) is 13.7. The molecule has 7 aromatic rings. The van der Waals surface area contributed by atoms with Crippen molar-refractivity contribution in [3.8, 4) is 17.8 Å². The molecule has 0 amide bonds. The van der Waals surface area contributed by atoms with Gasteiger partial charge in [0.25, 0.3) is 0 Å². The van der Waals surface area contributed by atoms with Gasteiger partial charge in [-0.2, -0.15) is 10.5 Å². The first kappa shape index (κ1) is 38.8. The lowest BCUT2D eigenvalue weighted by atomic mass is 9.75. The van der Waals surface area contributed by atoms with Crippen molar-refractivity contribution >= 4 is 44.6 Å². The highest BCUT2D eigenvalue weighted by atomic mass is 15.2. The molecular weight excluding hydrogens is 781 g/mol. The molecule has 0 radical (unpaired) electrons. The van der Waals surface area contributed by atoms with Gasteiger partial charge in [-0.15, -0.1) is 0 Å². The van der Waals surface area contributed by atoms with Crippen LogP contribution in [0.15, 0.2) is 217 Å². The quantitative estimate of drug-likeness (QED) is 0.165. The van der Waals surface area contributed by atoms with E-state index in [1.54, 1.807) is 0 Å². The van der Waals surface area contributed by atoms with Gasteiger partial charge in [-0.25, -0.2) is 0 Å². The topological polar surface area (TPSA) is 71.0 Å². The lowest BCUT2D eigenvalue weighted by Crippen LogP contribution is -2.30. The van der Waals surface area contributed by atoms with Gasteiger partial charge < -0.3 is 19.7 Å². The van der Waals surface area contributed by atoms with E-state index in [1.165, 1.54) is 44.5 Å². The Morgan fingerprint density at radius 2 is 1.38 bits per heavy atom. The molecule has 2 heterocycles. The second kappa shape index (κ2) is 15.4. The van der Waals surface area contributed by atoms with E-state index in [-0.39, 0.29) is 16.7 Å². The fourth-order valence-electron chi connectivity index (χ4n) is 10.2. The number of fused-ring (bicyclic) bond motifs is 6. The van der Waals surface area contributed by atoms with Crippen molar-refractivity contribution in [2.45, 2.75) is 43.9 Å². The molecule has 11 rings (SSSR count). The molecule has 6 nitrogen and oxygen atoms in total. The molecule has 1 N–H and O–H groups in total. The first-order chi connectivity index (χ1) is 31.3. The molecule has 64 heavy (non-hydrogen) atoms. The maximum atomic E-state index is 9.74. The van der Waals surface area contributed by atoms with Gasteiger partial charge in [-0.1, -0.05) is 98.0 Å². The Morgan fingerprint density at radius 3 is 2.11 bits per heavy atom. The van der Waals surface area contributed by atoms with Crippen LogP contribution in [0, 0.1) is 28.6 Å². The molecule has 4 aliphatic rings. The van der Waals surface area contributed by atoms with Crippen LogP contribution in [0.5, 0.6) is 0 Å². The molecule has 0 saturated heterocycles. The number of para-hydroxylation sites is 3. The van der Waals surface area contributed by atoms with Crippen molar-refractivity contribution in [1.29, 1.82) is 10.5 Å². The summed E-state index contributed by atoms with van der Waals surface area (Å²) >= 11 is 0. The van der Waals surface area contributed by atoms with E-state index in [2.05, 4.69) is 222 Å².